The molecular formula is C18H17N3O4. The van der Waals surface area contributed by atoms with Crippen molar-refractivity contribution in [2.75, 3.05) is 0 Å². The number of benzene rings is 1. The number of ether oxygens (including phenoxy) is 1. The van der Waals surface area contributed by atoms with Gasteiger partial charge in [0.1, 0.15) is 17.9 Å². The minimum Gasteiger partial charge on any atom is -0.477 e. The third kappa shape index (κ3) is 3.77. The van der Waals surface area contributed by atoms with Crippen molar-refractivity contribution in [3.8, 4) is 0 Å². The summed E-state index contributed by atoms with van der Waals surface area (Å²) in [5, 5.41) is 11.9. The first kappa shape index (κ1) is 16.5. The molecule has 3 aromatic rings. The summed E-state index contributed by atoms with van der Waals surface area (Å²) in [7, 11) is 0. The van der Waals surface area contributed by atoms with E-state index in [4.69, 9.17) is 4.74 Å². The number of hydrogen-bond donors (Lipinski definition) is 2. The Morgan fingerprint density at radius 2 is 1.96 bits per heavy atom. The first-order valence-electron chi connectivity index (χ1n) is 7.73. The Labute approximate surface area is 143 Å². The van der Waals surface area contributed by atoms with Crippen LogP contribution in [0.2, 0.25) is 0 Å². The number of carbonyl (C=O) groups is 2. The third-order valence-corrected chi connectivity index (χ3v) is 3.72. The van der Waals surface area contributed by atoms with E-state index in [2.05, 4.69) is 10.3 Å². The van der Waals surface area contributed by atoms with E-state index in [1.54, 1.807) is 25.3 Å². The van der Waals surface area contributed by atoms with Crippen molar-refractivity contribution in [3.63, 3.8) is 0 Å². The lowest BCUT2D eigenvalue weighted by atomic mass is 10.2. The van der Waals surface area contributed by atoms with Crippen molar-refractivity contribution in [2.24, 2.45) is 0 Å². The lowest BCUT2D eigenvalue weighted by molar-refractivity contribution is 0.0688. The van der Waals surface area contributed by atoms with E-state index in [-0.39, 0.29) is 12.3 Å². The van der Waals surface area contributed by atoms with Gasteiger partial charge in [0.05, 0.1) is 11.7 Å². The van der Waals surface area contributed by atoms with E-state index in [9.17, 15) is 14.7 Å². The van der Waals surface area contributed by atoms with Crippen LogP contribution in [0.3, 0.4) is 0 Å². The van der Waals surface area contributed by atoms with Gasteiger partial charge in [-0.2, -0.15) is 0 Å². The molecule has 0 bridgehead atoms. The second-order valence-electron chi connectivity index (χ2n) is 5.54. The van der Waals surface area contributed by atoms with Crippen molar-refractivity contribution in [3.05, 3.63) is 71.7 Å². The number of alkyl carbamates (subject to hydrolysis) is 1. The van der Waals surface area contributed by atoms with Gasteiger partial charge in [-0.15, -0.1) is 0 Å². The quantitative estimate of drug-likeness (QED) is 0.745. The molecule has 0 saturated heterocycles. The summed E-state index contributed by atoms with van der Waals surface area (Å²) in [6, 6.07) is 13.8. The summed E-state index contributed by atoms with van der Waals surface area (Å²) in [6.45, 7) is 1.93. The van der Waals surface area contributed by atoms with Crippen LogP contribution in [0, 0.1) is 0 Å². The summed E-state index contributed by atoms with van der Waals surface area (Å²) >= 11 is 0. The lowest BCUT2D eigenvalue weighted by Gasteiger charge is -2.11. The molecule has 2 N–H and O–H groups in total. The molecular weight excluding hydrogens is 322 g/mol. The van der Waals surface area contributed by atoms with Crippen LogP contribution in [0.1, 0.15) is 34.7 Å². The Balaban J connectivity index is 1.67. The Morgan fingerprint density at radius 1 is 1.20 bits per heavy atom. The monoisotopic (exact) mass is 339 g/mol. The number of fused-ring (bicyclic) bond motifs is 1. The first-order valence-corrected chi connectivity index (χ1v) is 7.73. The number of nitrogens with zero attached hydrogens (tertiary/aromatic N) is 2. The molecule has 2 aromatic heterocycles. The SMILES string of the molecule is C[C@H](NC(=O)OCc1ccccc1)c1cn2c(C(=O)O)cccc2n1. The van der Waals surface area contributed by atoms with Crippen LogP contribution < -0.4 is 5.32 Å². The van der Waals surface area contributed by atoms with Crippen LogP contribution in [0.4, 0.5) is 4.79 Å². The Kier molecular flexibility index (Phi) is 4.65. The molecule has 7 heteroatoms. The predicted octanol–water partition coefficient (Wildman–Crippen LogP) is 3.02. The lowest BCUT2D eigenvalue weighted by Crippen LogP contribution is -2.27. The maximum atomic E-state index is 11.9. The maximum Gasteiger partial charge on any atom is 0.407 e. The van der Waals surface area contributed by atoms with Gasteiger partial charge in [0.15, 0.2) is 0 Å². The molecule has 128 valence electrons. The van der Waals surface area contributed by atoms with Gasteiger partial charge in [-0.05, 0) is 24.6 Å². The van der Waals surface area contributed by atoms with Crippen molar-refractivity contribution in [2.45, 2.75) is 19.6 Å². The smallest absolute Gasteiger partial charge is 0.407 e. The van der Waals surface area contributed by atoms with Gasteiger partial charge in [-0.1, -0.05) is 36.4 Å². The number of carboxylic acids is 1. The molecule has 25 heavy (non-hydrogen) atoms. The molecule has 0 aliphatic heterocycles. The van der Waals surface area contributed by atoms with Crippen LogP contribution in [-0.2, 0) is 11.3 Å². The van der Waals surface area contributed by atoms with E-state index >= 15 is 0 Å². The van der Waals surface area contributed by atoms with Crippen LogP contribution in [0.15, 0.2) is 54.7 Å². The number of pyridine rings is 1. The average molecular weight is 339 g/mol. The van der Waals surface area contributed by atoms with Gasteiger partial charge in [0, 0.05) is 6.20 Å². The fourth-order valence-electron chi connectivity index (χ4n) is 2.43. The van der Waals surface area contributed by atoms with Crippen molar-refractivity contribution in [1.29, 1.82) is 0 Å². The van der Waals surface area contributed by atoms with E-state index < -0.39 is 18.1 Å². The molecule has 1 atom stereocenters. The van der Waals surface area contributed by atoms with E-state index in [0.29, 0.717) is 11.3 Å². The molecule has 0 radical (unpaired) electrons. The minimum atomic E-state index is -1.04. The summed E-state index contributed by atoms with van der Waals surface area (Å²) < 4.78 is 6.65. The summed E-state index contributed by atoms with van der Waals surface area (Å²) in [4.78, 5) is 27.5. The number of carbonyl (C=O) groups excluding carboxylic acids is 1. The van der Waals surface area contributed by atoms with Gasteiger partial charge in [0.2, 0.25) is 0 Å². The number of imidazole rings is 1. The normalized spacial score (nSPS) is 11.9. The second kappa shape index (κ2) is 7.04. The molecule has 0 unspecified atom stereocenters. The zero-order valence-electron chi connectivity index (χ0n) is 13.5. The number of amides is 1. The zero-order chi connectivity index (χ0) is 17.8. The molecule has 0 aliphatic carbocycles. The Morgan fingerprint density at radius 3 is 2.68 bits per heavy atom. The molecule has 0 spiro atoms. The van der Waals surface area contributed by atoms with Crippen LogP contribution in [0.5, 0.6) is 0 Å². The van der Waals surface area contributed by atoms with E-state index in [1.165, 1.54) is 10.5 Å². The largest absolute Gasteiger partial charge is 0.477 e. The first-order chi connectivity index (χ1) is 12.0. The molecule has 0 fully saturated rings. The molecule has 0 saturated carbocycles. The fourth-order valence-corrected chi connectivity index (χ4v) is 2.43. The fraction of sp³-hybridized carbons (Fsp3) is 0.167. The summed E-state index contributed by atoms with van der Waals surface area (Å²) in [5.74, 6) is -1.04. The van der Waals surface area contributed by atoms with Gasteiger partial charge in [-0.3, -0.25) is 4.40 Å². The molecule has 1 aromatic carbocycles. The highest BCUT2D eigenvalue weighted by atomic mass is 16.5. The number of aromatic nitrogens is 2. The zero-order valence-corrected chi connectivity index (χ0v) is 13.5. The number of aromatic carboxylic acids is 1. The molecule has 1 amide bonds. The molecule has 2 heterocycles. The number of rotatable bonds is 5. The van der Waals surface area contributed by atoms with Crippen molar-refractivity contribution >= 4 is 17.7 Å². The Hall–Kier alpha value is -3.35. The standard InChI is InChI=1S/C18H17N3O4/c1-12(19-18(24)25-11-13-6-3-2-4-7-13)14-10-21-15(17(22)23)8-5-9-16(21)20-14/h2-10,12H,11H2,1H3,(H,19,24)(H,22,23)/t12-/m0/s1. The van der Waals surface area contributed by atoms with E-state index in [0.717, 1.165) is 5.56 Å². The molecule has 0 aliphatic rings. The highest BCUT2D eigenvalue weighted by Gasteiger charge is 2.16. The summed E-state index contributed by atoms with van der Waals surface area (Å²) in [6.07, 6.45) is 1.04. The van der Waals surface area contributed by atoms with E-state index in [1.807, 2.05) is 30.3 Å². The molecule has 3 rings (SSSR count). The number of nitrogens with one attached hydrogen (secondary N) is 1. The number of hydrogen-bond acceptors (Lipinski definition) is 4. The second-order valence-corrected chi connectivity index (χ2v) is 5.54. The van der Waals surface area contributed by atoms with Crippen LogP contribution >= 0.6 is 0 Å². The maximum absolute atomic E-state index is 11.9. The average Bonchev–Trinajstić information content (AvgIpc) is 3.05. The topological polar surface area (TPSA) is 92.9 Å². The summed E-state index contributed by atoms with van der Waals surface area (Å²) in [5.41, 5.74) is 2.05. The Bertz CT molecular complexity index is 905. The van der Waals surface area contributed by atoms with Crippen LogP contribution in [-0.4, -0.2) is 26.6 Å². The highest BCUT2D eigenvalue weighted by Crippen LogP contribution is 2.15. The highest BCUT2D eigenvalue weighted by molar-refractivity contribution is 5.86. The third-order valence-electron chi connectivity index (χ3n) is 3.72. The van der Waals surface area contributed by atoms with Crippen LogP contribution in [0.25, 0.3) is 5.65 Å². The van der Waals surface area contributed by atoms with Gasteiger partial charge < -0.3 is 15.2 Å². The van der Waals surface area contributed by atoms with Crippen molar-refractivity contribution in [1.82, 2.24) is 14.7 Å². The van der Waals surface area contributed by atoms with Crippen molar-refractivity contribution < 1.29 is 19.4 Å². The molecule has 7 nitrogen and oxygen atoms in total. The predicted molar refractivity (Wildman–Crippen MR) is 90.3 cm³/mol. The van der Waals surface area contributed by atoms with Gasteiger partial charge >= 0.3 is 12.1 Å². The minimum absolute atomic E-state index is 0.107. The van der Waals surface area contributed by atoms with Gasteiger partial charge in [0.25, 0.3) is 0 Å². The van der Waals surface area contributed by atoms with Gasteiger partial charge in [-0.25, -0.2) is 14.6 Å². The number of carboxylic acid groups (broad SMARTS) is 1.